The molecule has 1 aliphatic heterocycles. The normalized spacial score (nSPS) is 20.2. The van der Waals surface area contributed by atoms with E-state index in [0.717, 1.165) is 17.7 Å². The van der Waals surface area contributed by atoms with Gasteiger partial charge in [-0.1, -0.05) is 48.5 Å². The molecule has 0 radical (unpaired) electrons. The smallest absolute Gasteiger partial charge is 0.148 e. The van der Waals surface area contributed by atoms with Crippen LogP contribution in [0.4, 0.5) is 4.39 Å². The van der Waals surface area contributed by atoms with Crippen LogP contribution in [-0.2, 0) is 5.67 Å². The molecule has 2 aromatic carbocycles. The molecule has 0 spiro atoms. The number of hydrogen-bond acceptors (Lipinski definition) is 2. The number of ether oxygens (including phenoxy) is 1. The minimum Gasteiger partial charge on any atom is -0.493 e. The number of benzene rings is 2. The lowest BCUT2D eigenvalue weighted by Crippen LogP contribution is -2.33. The van der Waals surface area contributed by atoms with E-state index in [1.165, 1.54) is 0 Å². The Morgan fingerprint density at radius 3 is 2.57 bits per heavy atom. The minimum absolute atomic E-state index is 0.00344. The van der Waals surface area contributed by atoms with Crippen LogP contribution in [-0.4, -0.2) is 13.2 Å². The van der Waals surface area contributed by atoms with E-state index >= 15 is 4.39 Å². The van der Waals surface area contributed by atoms with Crippen molar-refractivity contribution in [3.8, 4) is 5.75 Å². The van der Waals surface area contributed by atoms with Crippen LogP contribution in [0.1, 0.15) is 29.9 Å². The second-order valence-corrected chi connectivity index (χ2v) is 5.61. The Labute approximate surface area is 124 Å². The number of para-hydroxylation sites is 1. The zero-order valence-corrected chi connectivity index (χ0v) is 12.0. The Morgan fingerprint density at radius 1 is 1.10 bits per heavy atom. The predicted octanol–water partition coefficient (Wildman–Crippen LogP) is 3.77. The van der Waals surface area contributed by atoms with Crippen molar-refractivity contribution in [2.24, 2.45) is 5.73 Å². The van der Waals surface area contributed by atoms with E-state index in [2.05, 4.69) is 0 Å². The van der Waals surface area contributed by atoms with Crippen LogP contribution in [0.5, 0.6) is 5.75 Å². The summed E-state index contributed by atoms with van der Waals surface area (Å²) >= 11 is 0. The topological polar surface area (TPSA) is 35.2 Å². The van der Waals surface area contributed by atoms with Gasteiger partial charge in [0.25, 0.3) is 0 Å². The van der Waals surface area contributed by atoms with Crippen LogP contribution >= 0.6 is 0 Å². The molecule has 0 fully saturated rings. The van der Waals surface area contributed by atoms with Crippen LogP contribution in [0.15, 0.2) is 54.6 Å². The van der Waals surface area contributed by atoms with Crippen LogP contribution in [0.25, 0.3) is 0 Å². The summed E-state index contributed by atoms with van der Waals surface area (Å²) in [5.74, 6) is 1.02. The third-order valence-electron chi connectivity index (χ3n) is 4.27. The third-order valence-corrected chi connectivity index (χ3v) is 4.27. The first-order valence-electron chi connectivity index (χ1n) is 7.39. The lowest BCUT2D eigenvalue weighted by atomic mass is 9.80. The van der Waals surface area contributed by atoms with Crippen molar-refractivity contribution in [3.63, 3.8) is 0 Å². The molecule has 21 heavy (non-hydrogen) atoms. The van der Waals surface area contributed by atoms with Gasteiger partial charge >= 0.3 is 0 Å². The summed E-state index contributed by atoms with van der Waals surface area (Å²) < 4.78 is 21.0. The van der Waals surface area contributed by atoms with Crippen molar-refractivity contribution in [1.29, 1.82) is 0 Å². The highest BCUT2D eigenvalue weighted by Crippen LogP contribution is 2.42. The van der Waals surface area contributed by atoms with Crippen molar-refractivity contribution >= 4 is 0 Å². The molecule has 2 nitrogen and oxygen atoms in total. The Kier molecular flexibility index (Phi) is 3.93. The number of rotatable bonds is 4. The SMILES string of the molecule is NCC(F)(CC1CCOc2ccccc21)c1ccccc1. The van der Waals surface area contributed by atoms with Crippen molar-refractivity contribution in [2.45, 2.75) is 24.4 Å². The van der Waals surface area contributed by atoms with E-state index in [0.29, 0.717) is 18.6 Å². The van der Waals surface area contributed by atoms with E-state index in [1.807, 2.05) is 54.6 Å². The Morgan fingerprint density at radius 2 is 1.81 bits per heavy atom. The lowest BCUT2D eigenvalue weighted by Gasteiger charge is -2.32. The number of nitrogens with two attached hydrogens (primary N) is 1. The van der Waals surface area contributed by atoms with E-state index in [4.69, 9.17) is 10.5 Å². The number of hydrogen-bond donors (Lipinski definition) is 1. The van der Waals surface area contributed by atoms with Crippen LogP contribution in [0, 0.1) is 0 Å². The molecule has 110 valence electrons. The van der Waals surface area contributed by atoms with Gasteiger partial charge in [-0.15, -0.1) is 0 Å². The monoisotopic (exact) mass is 285 g/mol. The van der Waals surface area contributed by atoms with Gasteiger partial charge in [-0.2, -0.15) is 0 Å². The zero-order valence-electron chi connectivity index (χ0n) is 12.0. The van der Waals surface area contributed by atoms with Crippen LogP contribution in [0.2, 0.25) is 0 Å². The molecule has 2 aromatic rings. The number of fused-ring (bicyclic) bond motifs is 1. The van der Waals surface area contributed by atoms with Gasteiger partial charge in [0.05, 0.1) is 6.61 Å². The summed E-state index contributed by atoms with van der Waals surface area (Å²) in [6, 6.07) is 17.2. The molecule has 1 heterocycles. The summed E-state index contributed by atoms with van der Waals surface area (Å²) in [5, 5.41) is 0. The molecule has 2 unspecified atom stereocenters. The Bertz CT molecular complexity index is 601. The summed E-state index contributed by atoms with van der Waals surface area (Å²) in [5.41, 5.74) is 6.04. The molecule has 3 rings (SSSR count). The Hall–Kier alpha value is -1.87. The van der Waals surface area contributed by atoms with Crippen molar-refractivity contribution < 1.29 is 9.13 Å². The molecule has 0 saturated carbocycles. The second kappa shape index (κ2) is 5.86. The fourth-order valence-corrected chi connectivity index (χ4v) is 3.07. The van der Waals surface area contributed by atoms with E-state index in [-0.39, 0.29) is 12.5 Å². The van der Waals surface area contributed by atoms with Gasteiger partial charge < -0.3 is 10.5 Å². The molecule has 0 saturated heterocycles. The van der Waals surface area contributed by atoms with Crippen molar-refractivity contribution in [2.75, 3.05) is 13.2 Å². The van der Waals surface area contributed by atoms with Gasteiger partial charge in [0, 0.05) is 6.54 Å². The third kappa shape index (κ3) is 2.79. The summed E-state index contributed by atoms with van der Waals surface area (Å²) in [4.78, 5) is 0. The largest absolute Gasteiger partial charge is 0.493 e. The summed E-state index contributed by atoms with van der Waals surface area (Å²) in [6.45, 7) is 0.633. The highest BCUT2D eigenvalue weighted by Gasteiger charge is 2.35. The molecule has 0 aliphatic carbocycles. The quantitative estimate of drug-likeness (QED) is 0.928. The molecule has 2 atom stereocenters. The zero-order chi connectivity index (χ0) is 14.7. The standard InChI is InChI=1S/C18H20FNO/c19-18(13-20,15-6-2-1-3-7-15)12-14-10-11-21-17-9-5-4-8-16(14)17/h1-9,14H,10-13,20H2. The first kappa shape index (κ1) is 14.1. The van der Waals surface area contributed by atoms with Crippen LogP contribution in [0.3, 0.4) is 0 Å². The average molecular weight is 285 g/mol. The van der Waals surface area contributed by atoms with Gasteiger partial charge in [-0.25, -0.2) is 4.39 Å². The summed E-state index contributed by atoms with van der Waals surface area (Å²) in [6.07, 6.45) is 1.23. The molecule has 0 aromatic heterocycles. The number of halogens is 1. The fourth-order valence-electron chi connectivity index (χ4n) is 3.07. The second-order valence-electron chi connectivity index (χ2n) is 5.61. The van der Waals surface area contributed by atoms with Crippen molar-refractivity contribution in [1.82, 2.24) is 0 Å². The van der Waals surface area contributed by atoms with Crippen LogP contribution < -0.4 is 10.5 Å². The maximum atomic E-state index is 15.4. The van der Waals surface area contributed by atoms with Gasteiger partial charge in [-0.3, -0.25) is 0 Å². The minimum atomic E-state index is -1.49. The molecule has 2 N–H and O–H groups in total. The molecular weight excluding hydrogens is 265 g/mol. The lowest BCUT2D eigenvalue weighted by molar-refractivity contribution is 0.134. The first-order valence-corrected chi connectivity index (χ1v) is 7.39. The molecular formula is C18H20FNO. The van der Waals surface area contributed by atoms with Gasteiger partial charge in [0.15, 0.2) is 0 Å². The van der Waals surface area contributed by atoms with Gasteiger partial charge in [0.1, 0.15) is 11.4 Å². The highest BCUT2D eigenvalue weighted by atomic mass is 19.1. The highest BCUT2D eigenvalue weighted by molar-refractivity contribution is 5.38. The van der Waals surface area contributed by atoms with Gasteiger partial charge in [0.2, 0.25) is 0 Å². The maximum Gasteiger partial charge on any atom is 0.148 e. The molecule has 0 amide bonds. The average Bonchev–Trinajstić information content (AvgIpc) is 2.56. The molecule has 1 aliphatic rings. The number of alkyl halides is 1. The van der Waals surface area contributed by atoms with Gasteiger partial charge in [-0.05, 0) is 36.0 Å². The van der Waals surface area contributed by atoms with E-state index in [9.17, 15) is 0 Å². The Balaban J connectivity index is 1.89. The van der Waals surface area contributed by atoms with Crippen molar-refractivity contribution in [3.05, 3.63) is 65.7 Å². The van der Waals surface area contributed by atoms with E-state index < -0.39 is 5.67 Å². The predicted molar refractivity (Wildman–Crippen MR) is 82.2 cm³/mol. The maximum absolute atomic E-state index is 15.4. The fraction of sp³-hybridized carbons (Fsp3) is 0.333. The summed E-state index contributed by atoms with van der Waals surface area (Å²) in [7, 11) is 0. The molecule has 0 bridgehead atoms. The first-order chi connectivity index (χ1) is 10.2. The molecule has 3 heteroatoms. The van der Waals surface area contributed by atoms with E-state index in [1.54, 1.807) is 0 Å².